The number of rotatable bonds is 7. The second kappa shape index (κ2) is 10.6. The molecule has 0 unspecified atom stereocenters. The van der Waals surface area contributed by atoms with Gasteiger partial charge >= 0.3 is 6.03 Å². The average Bonchev–Trinajstić information content (AvgIpc) is 2.83. The minimum atomic E-state index is -0.886. The van der Waals surface area contributed by atoms with Crippen molar-refractivity contribution in [1.82, 2.24) is 5.32 Å². The first-order chi connectivity index (χ1) is 16.9. The predicted octanol–water partition coefficient (Wildman–Crippen LogP) is 5.64. The van der Waals surface area contributed by atoms with Gasteiger partial charge in [-0.3, -0.25) is 14.9 Å². The molecule has 3 aromatic carbocycles. The first-order valence-corrected chi connectivity index (χ1v) is 11.4. The Labute approximate surface area is 211 Å². The van der Waals surface area contributed by atoms with E-state index in [1.807, 2.05) is 37.3 Å². The van der Waals surface area contributed by atoms with Crippen molar-refractivity contribution < 1.29 is 23.9 Å². The molecular formula is C26H20Cl2N2O5. The number of anilines is 1. The van der Waals surface area contributed by atoms with Crippen LogP contribution < -0.4 is 19.7 Å². The Morgan fingerprint density at radius 2 is 1.63 bits per heavy atom. The zero-order chi connectivity index (χ0) is 24.9. The molecule has 1 N–H and O–H groups in total. The molecule has 0 atom stereocenters. The number of para-hydroxylation sites is 1. The lowest BCUT2D eigenvalue weighted by Crippen LogP contribution is -2.54. The van der Waals surface area contributed by atoms with Crippen molar-refractivity contribution in [2.45, 2.75) is 13.5 Å². The molecule has 0 bridgehead atoms. The molecule has 1 aliphatic rings. The molecule has 0 radical (unpaired) electrons. The summed E-state index contributed by atoms with van der Waals surface area (Å²) in [6, 6.07) is 18.2. The number of ether oxygens (including phenoxy) is 2. The van der Waals surface area contributed by atoms with E-state index >= 15 is 0 Å². The summed E-state index contributed by atoms with van der Waals surface area (Å²) in [4.78, 5) is 38.9. The highest BCUT2D eigenvalue weighted by Crippen LogP contribution is 2.38. The minimum absolute atomic E-state index is 0.160. The van der Waals surface area contributed by atoms with Crippen LogP contribution in [-0.2, 0) is 16.2 Å². The van der Waals surface area contributed by atoms with Crippen LogP contribution in [0.4, 0.5) is 10.5 Å². The van der Waals surface area contributed by atoms with Crippen LogP contribution in [0.5, 0.6) is 11.5 Å². The Bertz CT molecular complexity index is 1320. The molecule has 9 heteroatoms. The Kier molecular flexibility index (Phi) is 7.39. The molecule has 3 aromatic rings. The summed E-state index contributed by atoms with van der Waals surface area (Å²) < 4.78 is 11.6. The number of nitrogens with one attached hydrogen (secondary N) is 1. The number of imide groups is 2. The molecular weight excluding hydrogens is 491 g/mol. The maximum absolute atomic E-state index is 13.2. The van der Waals surface area contributed by atoms with Crippen molar-refractivity contribution in [3.8, 4) is 11.5 Å². The van der Waals surface area contributed by atoms with Crippen molar-refractivity contribution in [1.29, 1.82) is 0 Å². The van der Waals surface area contributed by atoms with Gasteiger partial charge in [0.25, 0.3) is 11.8 Å². The number of nitrogens with zero attached hydrogens (tertiary/aromatic N) is 1. The van der Waals surface area contributed by atoms with Gasteiger partial charge in [0.2, 0.25) is 0 Å². The van der Waals surface area contributed by atoms with Crippen molar-refractivity contribution in [3.05, 3.63) is 93.5 Å². The second-order valence-electron chi connectivity index (χ2n) is 7.45. The van der Waals surface area contributed by atoms with E-state index in [2.05, 4.69) is 5.32 Å². The van der Waals surface area contributed by atoms with Gasteiger partial charge in [0.1, 0.15) is 12.2 Å². The van der Waals surface area contributed by atoms with Crippen LogP contribution in [0, 0.1) is 0 Å². The highest BCUT2D eigenvalue weighted by Gasteiger charge is 2.37. The van der Waals surface area contributed by atoms with Gasteiger partial charge in [0.05, 0.1) is 22.3 Å². The van der Waals surface area contributed by atoms with Crippen LogP contribution in [-0.4, -0.2) is 24.5 Å². The second-order valence-corrected chi connectivity index (χ2v) is 8.26. The molecule has 1 saturated heterocycles. The largest absolute Gasteiger partial charge is 0.490 e. The number of carbonyl (C=O) groups excluding carboxylic acids is 3. The average molecular weight is 511 g/mol. The number of hydrogen-bond acceptors (Lipinski definition) is 5. The van der Waals surface area contributed by atoms with E-state index in [0.717, 1.165) is 10.5 Å². The summed E-state index contributed by atoms with van der Waals surface area (Å²) in [5.41, 5.74) is 1.26. The topological polar surface area (TPSA) is 84.9 Å². The lowest BCUT2D eigenvalue weighted by Gasteiger charge is -2.27. The zero-order valence-corrected chi connectivity index (χ0v) is 20.1. The Hall–Kier alpha value is -3.81. The van der Waals surface area contributed by atoms with Gasteiger partial charge in [-0.1, -0.05) is 65.7 Å². The van der Waals surface area contributed by atoms with Crippen molar-refractivity contribution >= 4 is 52.8 Å². The van der Waals surface area contributed by atoms with Gasteiger partial charge in [-0.15, -0.1) is 0 Å². The van der Waals surface area contributed by atoms with Gasteiger partial charge < -0.3 is 9.47 Å². The number of carbonyl (C=O) groups is 3. The van der Waals surface area contributed by atoms with Gasteiger partial charge in [-0.2, -0.15) is 0 Å². The summed E-state index contributed by atoms with van der Waals surface area (Å²) in [5, 5.41) is 2.60. The third-order valence-corrected chi connectivity index (χ3v) is 5.66. The maximum Gasteiger partial charge on any atom is 0.335 e. The standard InChI is InChI=1S/C26H20Cl2N2O5/c1-2-34-22-14-17(13-20(28)23(22)35-15-16-8-4-3-5-9-16)12-18-24(31)29-26(33)30(25(18)32)21-11-7-6-10-19(21)27/h3-14H,2,15H2,1H3,(H,29,31,33)/b18-12+. The molecule has 4 amide bonds. The Morgan fingerprint density at radius 1 is 0.914 bits per heavy atom. The maximum atomic E-state index is 13.2. The molecule has 35 heavy (non-hydrogen) atoms. The lowest BCUT2D eigenvalue weighted by molar-refractivity contribution is -0.122. The smallest absolute Gasteiger partial charge is 0.335 e. The minimum Gasteiger partial charge on any atom is -0.490 e. The molecule has 0 saturated carbocycles. The molecule has 1 heterocycles. The SMILES string of the molecule is CCOc1cc(/C=C2\C(=O)NC(=O)N(c3ccccc3Cl)C2=O)cc(Cl)c1OCc1ccccc1. The number of benzene rings is 3. The molecule has 7 nitrogen and oxygen atoms in total. The molecule has 0 aromatic heterocycles. The van der Waals surface area contributed by atoms with E-state index in [-0.39, 0.29) is 27.9 Å². The number of amides is 4. The van der Waals surface area contributed by atoms with Crippen molar-refractivity contribution in [3.63, 3.8) is 0 Å². The van der Waals surface area contributed by atoms with Gasteiger partial charge in [-0.25, -0.2) is 9.69 Å². The molecule has 178 valence electrons. The predicted molar refractivity (Wildman–Crippen MR) is 134 cm³/mol. The van der Waals surface area contributed by atoms with Crippen LogP contribution in [0.25, 0.3) is 6.08 Å². The molecule has 1 fully saturated rings. The van der Waals surface area contributed by atoms with Crippen molar-refractivity contribution in [2.24, 2.45) is 0 Å². The fourth-order valence-electron chi connectivity index (χ4n) is 3.48. The van der Waals surface area contributed by atoms with Crippen LogP contribution in [0.3, 0.4) is 0 Å². The highest BCUT2D eigenvalue weighted by molar-refractivity contribution is 6.42. The van der Waals surface area contributed by atoms with E-state index < -0.39 is 17.8 Å². The summed E-state index contributed by atoms with van der Waals surface area (Å²) >= 11 is 12.7. The molecule has 4 rings (SSSR count). The van der Waals surface area contributed by atoms with Crippen molar-refractivity contribution in [2.75, 3.05) is 11.5 Å². The van der Waals surface area contributed by atoms with E-state index in [0.29, 0.717) is 23.7 Å². The Balaban J connectivity index is 1.68. The summed E-state index contributed by atoms with van der Waals surface area (Å²) in [5.74, 6) is -0.954. The fourth-order valence-corrected chi connectivity index (χ4v) is 3.97. The van der Waals surface area contributed by atoms with E-state index in [4.69, 9.17) is 32.7 Å². The van der Waals surface area contributed by atoms with E-state index in [9.17, 15) is 14.4 Å². The number of hydrogen-bond donors (Lipinski definition) is 1. The number of halogens is 2. The highest BCUT2D eigenvalue weighted by atomic mass is 35.5. The van der Waals surface area contributed by atoms with E-state index in [1.165, 1.54) is 12.1 Å². The zero-order valence-electron chi connectivity index (χ0n) is 18.6. The number of urea groups is 1. The third-order valence-electron chi connectivity index (χ3n) is 5.06. The molecule has 0 spiro atoms. The van der Waals surface area contributed by atoms with E-state index in [1.54, 1.807) is 30.3 Å². The van der Waals surface area contributed by atoms with Gasteiger partial charge in [-0.05, 0) is 48.4 Å². The summed E-state index contributed by atoms with van der Waals surface area (Å²) in [6.45, 7) is 2.42. The third kappa shape index (κ3) is 5.31. The lowest BCUT2D eigenvalue weighted by atomic mass is 10.1. The Morgan fingerprint density at radius 3 is 2.34 bits per heavy atom. The fraction of sp³-hybridized carbons (Fsp3) is 0.115. The first-order valence-electron chi connectivity index (χ1n) is 10.7. The number of barbiturate groups is 1. The molecule has 1 aliphatic heterocycles. The van der Waals surface area contributed by atoms with Crippen LogP contribution in [0.15, 0.2) is 72.3 Å². The quantitative estimate of drug-likeness (QED) is 0.328. The summed E-state index contributed by atoms with van der Waals surface area (Å²) in [6.07, 6.45) is 1.34. The monoisotopic (exact) mass is 510 g/mol. The van der Waals surface area contributed by atoms with Gasteiger partial charge in [0.15, 0.2) is 11.5 Å². The van der Waals surface area contributed by atoms with Crippen LogP contribution >= 0.6 is 23.2 Å². The van der Waals surface area contributed by atoms with Crippen LogP contribution in [0.2, 0.25) is 10.0 Å². The van der Waals surface area contributed by atoms with Gasteiger partial charge in [0, 0.05) is 0 Å². The first kappa shape index (κ1) is 24.3. The normalized spacial score (nSPS) is 14.8. The molecule has 0 aliphatic carbocycles. The van der Waals surface area contributed by atoms with Crippen LogP contribution in [0.1, 0.15) is 18.1 Å². The summed E-state index contributed by atoms with van der Waals surface area (Å²) in [7, 11) is 0.